The van der Waals surface area contributed by atoms with Crippen LogP contribution in [0.1, 0.15) is 48.2 Å². The molecule has 0 radical (unpaired) electrons. The van der Waals surface area contributed by atoms with Crippen LogP contribution in [-0.2, 0) is 5.60 Å². The Labute approximate surface area is 217 Å². The van der Waals surface area contributed by atoms with Gasteiger partial charge in [-0.05, 0) is 68.5 Å². The number of hydrogen-bond donors (Lipinski definition) is 2. The fourth-order valence-corrected chi connectivity index (χ4v) is 5.06. The van der Waals surface area contributed by atoms with Gasteiger partial charge in [-0.1, -0.05) is 30.3 Å². The van der Waals surface area contributed by atoms with E-state index in [1.807, 2.05) is 73.5 Å². The van der Waals surface area contributed by atoms with Crippen LogP contribution in [0.15, 0.2) is 82.6 Å². The number of aliphatic hydroxyl groups is 1. The summed E-state index contributed by atoms with van der Waals surface area (Å²) in [6, 6.07) is 18.7. The standard InChI is InChI=1S/C29H33N5O3/c1-3-33(4-2)27(35)22-10-12-26(13-11-22)32-28(31-21-30)34-17-14-24(15-18-34)29(36,25-16-19-37-20-25)23-8-6-5-7-9-23/h5-13,16,19-20,24,36H,3-4,14-15,17-18H2,1-2H3,(H,31,32). The van der Waals surface area contributed by atoms with Crippen molar-refractivity contribution in [2.75, 3.05) is 31.5 Å². The molecule has 0 saturated carbocycles. The summed E-state index contributed by atoms with van der Waals surface area (Å²) in [5, 5.41) is 24.5. The van der Waals surface area contributed by atoms with Crippen LogP contribution in [0.3, 0.4) is 0 Å². The number of carbonyl (C=O) groups is 1. The summed E-state index contributed by atoms with van der Waals surface area (Å²) in [5.74, 6) is 0.404. The predicted octanol–water partition coefficient (Wildman–Crippen LogP) is 4.66. The number of benzene rings is 2. The largest absolute Gasteiger partial charge is 0.472 e. The highest BCUT2D eigenvalue weighted by atomic mass is 16.3. The van der Waals surface area contributed by atoms with Crippen molar-refractivity contribution >= 4 is 17.6 Å². The van der Waals surface area contributed by atoms with Gasteiger partial charge in [-0.2, -0.15) is 5.26 Å². The number of likely N-dealkylation sites (tertiary alicyclic amines) is 1. The Bertz CT molecular complexity index is 1220. The number of carbonyl (C=O) groups excluding carboxylic acids is 1. The highest BCUT2D eigenvalue weighted by Crippen LogP contribution is 2.42. The third kappa shape index (κ3) is 5.52. The Morgan fingerprint density at radius 2 is 1.78 bits per heavy atom. The van der Waals surface area contributed by atoms with Crippen molar-refractivity contribution in [1.82, 2.24) is 9.80 Å². The molecule has 0 bridgehead atoms. The maximum atomic E-state index is 12.6. The average molecular weight is 500 g/mol. The zero-order valence-corrected chi connectivity index (χ0v) is 21.3. The van der Waals surface area contributed by atoms with Gasteiger partial charge in [0.2, 0.25) is 12.2 Å². The lowest BCUT2D eigenvalue weighted by molar-refractivity contribution is -0.00696. The molecule has 1 atom stereocenters. The molecular weight excluding hydrogens is 466 g/mol. The summed E-state index contributed by atoms with van der Waals surface area (Å²) in [5.41, 5.74) is 1.76. The number of guanidine groups is 1. The van der Waals surface area contributed by atoms with Crippen LogP contribution in [-0.4, -0.2) is 53.0 Å². The zero-order valence-electron chi connectivity index (χ0n) is 21.3. The Balaban J connectivity index is 1.46. The Morgan fingerprint density at radius 3 is 2.35 bits per heavy atom. The van der Waals surface area contributed by atoms with Gasteiger partial charge in [0.25, 0.3) is 5.91 Å². The van der Waals surface area contributed by atoms with Crippen molar-refractivity contribution in [3.05, 3.63) is 89.9 Å². The molecule has 1 aromatic heterocycles. The van der Waals surface area contributed by atoms with E-state index in [0.29, 0.717) is 50.5 Å². The third-order valence-corrected chi connectivity index (χ3v) is 7.16. The number of aliphatic imine (C=N–C) groups is 1. The first-order chi connectivity index (χ1) is 18.0. The minimum Gasteiger partial charge on any atom is -0.472 e. The number of anilines is 1. The van der Waals surface area contributed by atoms with Crippen LogP contribution in [0.4, 0.5) is 5.69 Å². The van der Waals surface area contributed by atoms with Gasteiger partial charge in [-0.15, -0.1) is 4.99 Å². The maximum absolute atomic E-state index is 12.6. The van der Waals surface area contributed by atoms with Crippen LogP contribution in [0.5, 0.6) is 0 Å². The second-order valence-corrected chi connectivity index (χ2v) is 9.12. The summed E-state index contributed by atoms with van der Waals surface area (Å²) in [7, 11) is 0. The van der Waals surface area contributed by atoms with Crippen LogP contribution in [0, 0.1) is 17.4 Å². The molecule has 1 saturated heterocycles. The fourth-order valence-electron chi connectivity index (χ4n) is 5.06. The second-order valence-electron chi connectivity index (χ2n) is 9.12. The Hall–Kier alpha value is -4.09. The van der Waals surface area contributed by atoms with Crippen LogP contribution >= 0.6 is 0 Å². The van der Waals surface area contributed by atoms with Gasteiger partial charge < -0.3 is 24.6 Å². The molecule has 1 unspecified atom stereocenters. The van der Waals surface area contributed by atoms with Crippen molar-refractivity contribution in [3.63, 3.8) is 0 Å². The fraction of sp³-hybridized carbons (Fsp3) is 0.345. The molecule has 4 rings (SSSR count). The van der Waals surface area contributed by atoms with E-state index in [1.54, 1.807) is 29.6 Å². The lowest BCUT2D eigenvalue weighted by atomic mass is 9.73. The maximum Gasteiger partial charge on any atom is 0.253 e. The minimum absolute atomic E-state index is 0.00642. The summed E-state index contributed by atoms with van der Waals surface area (Å²) in [6.45, 7) is 6.46. The summed E-state index contributed by atoms with van der Waals surface area (Å²) < 4.78 is 5.32. The molecular formula is C29H33N5O3. The number of nitriles is 1. The highest BCUT2D eigenvalue weighted by molar-refractivity contribution is 5.97. The average Bonchev–Trinajstić information content (AvgIpc) is 3.50. The van der Waals surface area contributed by atoms with E-state index in [-0.39, 0.29) is 11.8 Å². The van der Waals surface area contributed by atoms with E-state index in [1.165, 1.54) is 0 Å². The lowest BCUT2D eigenvalue weighted by Crippen LogP contribution is -2.47. The van der Waals surface area contributed by atoms with E-state index in [2.05, 4.69) is 10.3 Å². The number of hydrogen-bond acceptors (Lipinski definition) is 5. The number of nitrogens with one attached hydrogen (secondary N) is 1. The molecule has 3 aromatic rings. The van der Waals surface area contributed by atoms with Gasteiger partial charge in [0.05, 0.1) is 12.5 Å². The second kappa shape index (κ2) is 11.8. The van der Waals surface area contributed by atoms with Crippen molar-refractivity contribution < 1.29 is 14.3 Å². The van der Waals surface area contributed by atoms with Gasteiger partial charge in [0.15, 0.2) is 0 Å². The predicted molar refractivity (Wildman–Crippen MR) is 143 cm³/mol. The molecule has 2 aromatic carbocycles. The monoisotopic (exact) mass is 499 g/mol. The smallest absolute Gasteiger partial charge is 0.253 e. The number of rotatable bonds is 7. The molecule has 8 nitrogen and oxygen atoms in total. The molecule has 1 amide bonds. The Kier molecular flexibility index (Phi) is 8.26. The first-order valence-corrected chi connectivity index (χ1v) is 12.7. The van der Waals surface area contributed by atoms with Crippen molar-refractivity contribution in [2.45, 2.75) is 32.3 Å². The Morgan fingerprint density at radius 1 is 1.11 bits per heavy atom. The van der Waals surface area contributed by atoms with Gasteiger partial charge in [-0.25, -0.2) is 0 Å². The van der Waals surface area contributed by atoms with E-state index >= 15 is 0 Å². The summed E-state index contributed by atoms with van der Waals surface area (Å²) in [4.78, 5) is 20.4. The minimum atomic E-state index is -1.17. The van der Waals surface area contributed by atoms with E-state index in [0.717, 1.165) is 16.8 Å². The van der Waals surface area contributed by atoms with E-state index in [4.69, 9.17) is 4.42 Å². The third-order valence-electron chi connectivity index (χ3n) is 7.16. The van der Waals surface area contributed by atoms with Gasteiger partial charge in [0.1, 0.15) is 5.60 Å². The molecule has 1 aliphatic heterocycles. The molecule has 0 aliphatic carbocycles. The summed E-state index contributed by atoms with van der Waals surface area (Å²) in [6.07, 6.45) is 6.48. The van der Waals surface area contributed by atoms with E-state index < -0.39 is 5.60 Å². The van der Waals surface area contributed by atoms with Crippen LogP contribution < -0.4 is 5.32 Å². The van der Waals surface area contributed by atoms with Crippen molar-refractivity contribution in [3.8, 4) is 6.19 Å². The first kappa shape index (κ1) is 26.0. The van der Waals surface area contributed by atoms with E-state index in [9.17, 15) is 15.2 Å². The van der Waals surface area contributed by atoms with Crippen LogP contribution in [0.2, 0.25) is 0 Å². The lowest BCUT2D eigenvalue weighted by Gasteiger charge is -2.42. The number of piperidine rings is 1. The quantitative estimate of drug-likeness (QED) is 0.278. The normalized spacial score (nSPS) is 16.1. The molecule has 1 aliphatic rings. The molecule has 1 fully saturated rings. The number of amides is 1. The van der Waals surface area contributed by atoms with Crippen LogP contribution in [0.25, 0.3) is 0 Å². The molecule has 37 heavy (non-hydrogen) atoms. The number of nitrogens with zero attached hydrogens (tertiary/aromatic N) is 4. The topological polar surface area (TPSA) is 105 Å². The molecule has 2 heterocycles. The number of furan rings is 1. The van der Waals surface area contributed by atoms with Crippen molar-refractivity contribution in [2.24, 2.45) is 10.9 Å². The highest BCUT2D eigenvalue weighted by Gasteiger charge is 2.42. The molecule has 8 heteroatoms. The van der Waals surface area contributed by atoms with Gasteiger partial charge >= 0.3 is 0 Å². The molecule has 192 valence electrons. The molecule has 0 spiro atoms. The van der Waals surface area contributed by atoms with Crippen molar-refractivity contribution in [1.29, 1.82) is 5.26 Å². The first-order valence-electron chi connectivity index (χ1n) is 12.7. The van der Waals surface area contributed by atoms with Gasteiger partial charge in [0, 0.05) is 43.0 Å². The molecule has 2 N–H and O–H groups in total. The summed E-state index contributed by atoms with van der Waals surface area (Å²) >= 11 is 0. The SMILES string of the molecule is CCN(CC)C(=O)c1ccc(N/C(=N/C#N)N2CCC(C(O)(c3ccccc3)c3ccoc3)CC2)cc1. The van der Waals surface area contributed by atoms with Gasteiger partial charge in [-0.3, -0.25) is 4.79 Å². The zero-order chi connectivity index (χ0) is 26.3.